The van der Waals surface area contributed by atoms with Gasteiger partial charge in [-0.15, -0.1) is 0 Å². The van der Waals surface area contributed by atoms with Crippen molar-refractivity contribution < 1.29 is 27.9 Å². The second kappa shape index (κ2) is 11.1. The second-order valence-electron chi connectivity index (χ2n) is 9.24. The van der Waals surface area contributed by atoms with Crippen molar-refractivity contribution in [3.05, 3.63) is 69.2 Å². The number of rotatable bonds is 7. The van der Waals surface area contributed by atoms with Crippen LogP contribution in [-0.4, -0.2) is 59.0 Å². The number of hydroxylamine groups is 1. The van der Waals surface area contributed by atoms with Crippen LogP contribution in [0.1, 0.15) is 28.0 Å². The number of fused-ring (bicyclic) bond motifs is 1. The highest BCUT2D eigenvalue weighted by Crippen LogP contribution is 2.42. The van der Waals surface area contributed by atoms with E-state index in [0.717, 1.165) is 28.3 Å². The molecule has 0 radical (unpaired) electrons. The number of amides is 1. The summed E-state index contributed by atoms with van der Waals surface area (Å²) in [5.41, 5.74) is 2.94. The van der Waals surface area contributed by atoms with Crippen LogP contribution in [0.4, 0.5) is 18.3 Å². The van der Waals surface area contributed by atoms with Gasteiger partial charge >= 0.3 is 6.18 Å². The highest BCUT2D eigenvalue weighted by Gasteiger charge is 2.35. The zero-order valence-electron chi connectivity index (χ0n) is 21.2. The minimum atomic E-state index is -4.65. The molecule has 9 nitrogen and oxygen atoms in total. The van der Waals surface area contributed by atoms with E-state index in [0.29, 0.717) is 29.2 Å². The largest absolute Gasteiger partial charge is 0.492 e. The van der Waals surface area contributed by atoms with E-state index in [9.17, 15) is 23.1 Å². The average molecular weight is 593 g/mol. The summed E-state index contributed by atoms with van der Waals surface area (Å²) in [5, 5.41) is 22.1. The van der Waals surface area contributed by atoms with Gasteiger partial charge in [0.15, 0.2) is 5.13 Å². The zero-order chi connectivity index (χ0) is 28.6. The Kier molecular flexibility index (Phi) is 7.73. The number of aromatic amines is 1. The number of likely N-dealkylation sites (N-methyl/N-ethyl adjacent to an activating group) is 1. The molecular formula is C26H24ClF3N6O3S. The van der Waals surface area contributed by atoms with Gasteiger partial charge in [0.1, 0.15) is 4.88 Å². The standard InChI is InChI=1S/C26H24ClF3N6O3S/c1-36(17-10-21(31-12-17)23(37)35-39-2)25-33-24(38)22(40-25)18(13-4-6-20-15(7-13)11-32-34-20)8-14-3-5-16(27)9-19(14)26(28,29)30/h3-9,11,17,21,31,38H,10,12H2,1-2H3,(H,32,34)(H,35,37). The smallest absolute Gasteiger partial charge is 0.417 e. The first-order chi connectivity index (χ1) is 19.0. The van der Waals surface area contributed by atoms with Crippen LogP contribution in [0.2, 0.25) is 5.02 Å². The summed E-state index contributed by atoms with van der Waals surface area (Å²) >= 11 is 7.03. The second-order valence-corrected chi connectivity index (χ2v) is 10.7. The molecule has 2 atom stereocenters. The van der Waals surface area contributed by atoms with Gasteiger partial charge in [-0.25, -0.2) is 5.48 Å². The van der Waals surface area contributed by atoms with Crippen molar-refractivity contribution in [1.82, 2.24) is 26.0 Å². The maximum atomic E-state index is 13.9. The molecule has 0 aliphatic carbocycles. The summed E-state index contributed by atoms with van der Waals surface area (Å²) < 4.78 is 41.8. The highest BCUT2D eigenvalue weighted by molar-refractivity contribution is 7.17. The number of alkyl halides is 3. The van der Waals surface area contributed by atoms with E-state index in [1.165, 1.54) is 25.3 Å². The average Bonchev–Trinajstić information content (AvgIpc) is 3.66. The summed E-state index contributed by atoms with van der Waals surface area (Å²) in [6, 6.07) is 8.22. The number of nitrogens with zero attached hydrogens (tertiary/aromatic N) is 3. The molecule has 14 heteroatoms. The van der Waals surface area contributed by atoms with Gasteiger partial charge in [-0.05, 0) is 47.9 Å². The fourth-order valence-corrected chi connectivity index (χ4v) is 5.82. The van der Waals surface area contributed by atoms with Crippen molar-refractivity contribution in [2.75, 3.05) is 25.6 Å². The number of hydrogen-bond acceptors (Lipinski definition) is 8. The number of aromatic nitrogens is 3. The van der Waals surface area contributed by atoms with E-state index in [-0.39, 0.29) is 33.3 Å². The van der Waals surface area contributed by atoms with E-state index in [4.69, 9.17) is 16.4 Å². The van der Waals surface area contributed by atoms with Crippen LogP contribution in [-0.2, 0) is 15.8 Å². The van der Waals surface area contributed by atoms with Crippen LogP contribution in [0.15, 0.2) is 42.6 Å². The number of benzene rings is 2. The quantitative estimate of drug-likeness (QED) is 0.179. The zero-order valence-corrected chi connectivity index (χ0v) is 22.8. The first-order valence-electron chi connectivity index (χ1n) is 12.1. The number of hydrogen-bond donors (Lipinski definition) is 4. The summed E-state index contributed by atoms with van der Waals surface area (Å²) in [6.45, 7) is 0.480. The molecule has 1 amide bonds. The van der Waals surface area contributed by atoms with E-state index in [1.54, 1.807) is 31.4 Å². The Bertz CT molecular complexity index is 1590. The normalized spacial score (nSPS) is 17.9. The maximum Gasteiger partial charge on any atom is 0.417 e. The molecule has 1 aliphatic rings. The molecule has 2 aromatic heterocycles. The van der Waals surface area contributed by atoms with E-state index in [1.807, 2.05) is 4.90 Å². The van der Waals surface area contributed by atoms with Crippen LogP contribution in [0.5, 0.6) is 5.88 Å². The molecule has 0 spiro atoms. The molecule has 210 valence electrons. The van der Waals surface area contributed by atoms with Gasteiger partial charge < -0.3 is 15.3 Å². The van der Waals surface area contributed by atoms with E-state index < -0.39 is 17.8 Å². The van der Waals surface area contributed by atoms with Gasteiger partial charge in [-0.1, -0.05) is 35.1 Å². The number of H-pyrrole nitrogens is 1. The Morgan fingerprint density at radius 1 is 1.30 bits per heavy atom. The van der Waals surface area contributed by atoms with Gasteiger partial charge in [-0.2, -0.15) is 23.3 Å². The molecule has 4 N–H and O–H groups in total. The number of anilines is 1. The molecule has 2 aromatic carbocycles. The molecule has 40 heavy (non-hydrogen) atoms. The first kappa shape index (κ1) is 27.9. The van der Waals surface area contributed by atoms with Gasteiger partial charge in [0.05, 0.1) is 30.4 Å². The van der Waals surface area contributed by atoms with Crippen molar-refractivity contribution in [3.63, 3.8) is 0 Å². The minimum absolute atomic E-state index is 0.0435. The summed E-state index contributed by atoms with van der Waals surface area (Å²) in [5.74, 6) is -0.628. The molecule has 0 bridgehead atoms. The minimum Gasteiger partial charge on any atom is -0.492 e. The lowest BCUT2D eigenvalue weighted by Crippen LogP contribution is -2.39. The number of halogens is 4. The van der Waals surface area contributed by atoms with Crippen molar-refractivity contribution in [2.24, 2.45) is 0 Å². The number of aromatic hydroxyl groups is 1. The SMILES string of the molecule is CONC(=O)C1CC(N(C)c2nc(O)c(C(=Cc3ccc(Cl)cc3C(F)(F)F)c3ccc4[nH]ncc4c3)s2)CN1. The van der Waals surface area contributed by atoms with Gasteiger partial charge in [0.2, 0.25) is 5.88 Å². The lowest BCUT2D eigenvalue weighted by atomic mass is 9.98. The summed E-state index contributed by atoms with van der Waals surface area (Å²) in [4.78, 5) is 23.3. The molecule has 0 saturated carbocycles. The summed E-state index contributed by atoms with van der Waals surface area (Å²) in [7, 11) is 3.14. The third-order valence-electron chi connectivity index (χ3n) is 6.69. The van der Waals surface area contributed by atoms with Crippen LogP contribution in [0.25, 0.3) is 22.6 Å². The third kappa shape index (κ3) is 5.63. The predicted molar refractivity (Wildman–Crippen MR) is 147 cm³/mol. The molecule has 3 heterocycles. The monoisotopic (exact) mass is 592 g/mol. The lowest BCUT2D eigenvalue weighted by molar-refractivity contribution is -0.137. The maximum absolute atomic E-state index is 13.9. The Labute approximate surface area is 235 Å². The van der Waals surface area contributed by atoms with E-state index in [2.05, 4.69) is 26.0 Å². The molecule has 1 aliphatic heterocycles. The van der Waals surface area contributed by atoms with Gasteiger partial charge in [-0.3, -0.25) is 14.7 Å². The fraction of sp³-hybridized carbons (Fsp3) is 0.269. The molecule has 5 rings (SSSR count). The predicted octanol–water partition coefficient (Wildman–Crippen LogP) is 4.83. The molecule has 2 unspecified atom stereocenters. The third-order valence-corrected chi connectivity index (χ3v) is 8.09. The number of carbonyl (C=O) groups is 1. The van der Waals surface area contributed by atoms with Crippen molar-refractivity contribution in [2.45, 2.75) is 24.7 Å². The topological polar surface area (TPSA) is 115 Å². The van der Waals surface area contributed by atoms with Crippen molar-refractivity contribution in [3.8, 4) is 5.88 Å². The highest BCUT2D eigenvalue weighted by atomic mass is 35.5. The molecular weight excluding hydrogens is 569 g/mol. The van der Waals surface area contributed by atoms with Crippen molar-refractivity contribution in [1.29, 1.82) is 0 Å². The molecule has 4 aromatic rings. The number of thiazole rings is 1. The lowest BCUT2D eigenvalue weighted by Gasteiger charge is -2.22. The molecule has 1 fully saturated rings. The Morgan fingerprint density at radius 2 is 2.10 bits per heavy atom. The Balaban J connectivity index is 1.57. The van der Waals surface area contributed by atoms with E-state index >= 15 is 0 Å². The van der Waals surface area contributed by atoms with Crippen molar-refractivity contribution >= 4 is 56.5 Å². The van der Waals surface area contributed by atoms with Crippen LogP contribution >= 0.6 is 22.9 Å². The van der Waals surface area contributed by atoms with Crippen LogP contribution in [0.3, 0.4) is 0 Å². The molecule has 1 saturated heterocycles. The van der Waals surface area contributed by atoms with Crippen LogP contribution < -0.4 is 15.7 Å². The number of nitrogens with one attached hydrogen (secondary N) is 3. The summed E-state index contributed by atoms with van der Waals surface area (Å²) in [6.07, 6.45) is -1.21. The Morgan fingerprint density at radius 3 is 2.85 bits per heavy atom. The fourth-order valence-electron chi connectivity index (χ4n) is 4.61. The Hall–Kier alpha value is -3.65. The van der Waals surface area contributed by atoms with Gasteiger partial charge in [0, 0.05) is 35.6 Å². The van der Waals surface area contributed by atoms with Gasteiger partial charge in [0.25, 0.3) is 5.91 Å². The first-order valence-corrected chi connectivity index (χ1v) is 13.3. The van der Waals surface area contributed by atoms with Crippen LogP contribution in [0, 0.1) is 0 Å². The number of carbonyl (C=O) groups excluding carboxylic acids is 1.